The van der Waals surface area contributed by atoms with E-state index in [0.29, 0.717) is 0 Å². The van der Waals surface area contributed by atoms with Crippen molar-refractivity contribution in [2.75, 3.05) is 0 Å². The highest BCUT2D eigenvalue weighted by Crippen LogP contribution is 2.66. The smallest absolute Gasteiger partial charge is 0.361 e. The summed E-state index contributed by atoms with van der Waals surface area (Å²) in [5, 5.41) is 0. The van der Waals surface area contributed by atoms with Crippen LogP contribution in [0.2, 0.25) is 0 Å². The Morgan fingerprint density at radius 2 is 0.620 bits per heavy atom. The van der Waals surface area contributed by atoms with E-state index < -0.39 is 209 Å². The summed E-state index contributed by atoms with van der Waals surface area (Å²) in [6, 6.07) is 0. The number of fused-ring (bicyclic) bond motifs is 6. The average molecular weight is 1120 g/mol. The minimum atomic E-state index is -8.38. The normalized spacial score (nSPS) is 15.9. The molecule has 38 heteroatoms. The number of nitrogens with zero attached hydrogens (tertiary/aromatic N) is 2. The first kappa shape index (κ1) is 54.5. The van der Waals surface area contributed by atoms with Gasteiger partial charge in [-0.25, -0.2) is 52.7 Å². The van der Waals surface area contributed by atoms with Gasteiger partial charge < -0.3 is 5.53 Å². The van der Waals surface area contributed by atoms with E-state index in [2.05, 4.69) is 0 Å². The molecular weight excluding hydrogens is 1120 g/mol. The fourth-order valence-electron chi connectivity index (χ4n) is 7.76. The Kier molecular flexibility index (Phi) is 11.6. The zero-order valence-electron chi connectivity index (χ0n) is 31.3. The van der Waals surface area contributed by atoms with Crippen molar-refractivity contribution >= 4 is 25.9 Å². The number of benzene rings is 4. The topological polar surface area (TPSA) is 145 Å². The van der Waals surface area contributed by atoms with E-state index >= 15 is 52.7 Å². The van der Waals surface area contributed by atoms with Crippen LogP contribution in [0, 0.1) is 58.2 Å². The van der Waals surface area contributed by atoms with Crippen molar-refractivity contribution in [3.8, 4) is 22.3 Å². The lowest BCUT2D eigenvalue weighted by Gasteiger charge is -2.33. The third-order valence-corrected chi connectivity index (χ3v) is 12.3. The molecule has 0 heterocycles. The first-order valence-electron chi connectivity index (χ1n) is 16.7. The Hall–Kier alpha value is -5.88. The Morgan fingerprint density at radius 1 is 0.394 bits per heavy atom. The molecule has 0 fully saturated rings. The molecular formula is C33H2F28N2O6S2. The molecule has 0 spiro atoms. The van der Waals surface area contributed by atoms with Gasteiger partial charge in [0.2, 0.25) is 0 Å². The van der Waals surface area contributed by atoms with Crippen molar-refractivity contribution in [3.63, 3.8) is 0 Å². The van der Waals surface area contributed by atoms with Gasteiger partial charge in [0.15, 0.2) is 46.5 Å². The Balaban J connectivity index is 2.20. The fourth-order valence-corrected chi connectivity index (χ4v) is 9.65. The van der Waals surface area contributed by atoms with E-state index in [1.54, 1.807) is 0 Å². The lowest BCUT2D eigenvalue weighted by atomic mass is 9.80. The fraction of sp³-hybridized carbons (Fsp3) is 0.242. The first-order chi connectivity index (χ1) is 31.5. The monoisotopic (exact) mass is 1120 g/mol. The van der Waals surface area contributed by atoms with Crippen LogP contribution in [0.3, 0.4) is 0 Å². The third-order valence-electron chi connectivity index (χ3n) is 10.4. The molecule has 4 aromatic rings. The van der Waals surface area contributed by atoms with E-state index in [0.717, 1.165) is 0 Å². The van der Waals surface area contributed by atoms with Crippen LogP contribution in [0.15, 0.2) is 9.79 Å². The maximum absolute atomic E-state index is 16.7. The van der Waals surface area contributed by atoms with Gasteiger partial charge in [-0.2, -0.15) is 91.9 Å². The highest BCUT2D eigenvalue weighted by atomic mass is 32.2. The van der Waals surface area contributed by atoms with Crippen LogP contribution in [0.5, 0.6) is 0 Å². The molecule has 71 heavy (non-hydrogen) atoms. The lowest BCUT2D eigenvalue weighted by molar-refractivity contribution is -0.351. The van der Waals surface area contributed by atoms with Crippen LogP contribution in [0.1, 0.15) is 44.5 Å². The average Bonchev–Trinajstić information content (AvgIpc) is 3.59. The maximum Gasteiger partial charge on any atom is 0.436 e. The van der Waals surface area contributed by atoms with Crippen LogP contribution in [0.25, 0.3) is 27.8 Å². The number of hydrogen-bond donors (Lipinski definition) is 2. The molecule has 2 aliphatic carbocycles. The van der Waals surface area contributed by atoms with Crippen molar-refractivity contribution in [2.24, 2.45) is 0 Å². The zero-order chi connectivity index (χ0) is 55.1. The predicted molar refractivity (Wildman–Crippen MR) is 166 cm³/mol. The number of alkyl halides is 18. The molecule has 0 saturated heterocycles. The van der Waals surface area contributed by atoms with Gasteiger partial charge in [0.05, 0.1) is 44.5 Å². The number of halogens is 28. The summed E-state index contributed by atoms with van der Waals surface area (Å²) >= 11 is 0. The maximum atomic E-state index is 16.7. The van der Waals surface area contributed by atoms with Gasteiger partial charge in [-0.05, 0) is 0 Å². The van der Waals surface area contributed by atoms with E-state index in [1.165, 1.54) is 4.79 Å². The molecule has 2 N–H and O–H groups in total. The summed E-state index contributed by atoms with van der Waals surface area (Å²) in [5.74, 6) is -52.9. The quantitative estimate of drug-likeness (QED) is 0.0374. The Morgan fingerprint density at radius 3 is 0.831 bits per heavy atom. The van der Waals surface area contributed by atoms with Crippen molar-refractivity contribution in [1.82, 2.24) is 0 Å². The van der Waals surface area contributed by atoms with Crippen LogP contribution < -0.4 is 0 Å². The predicted octanol–water partition coefficient (Wildman–Crippen LogP) is 11.5. The summed E-state index contributed by atoms with van der Waals surface area (Å²) in [5.41, 5.74) is -59.6. The van der Waals surface area contributed by atoms with E-state index in [1.807, 2.05) is 0 Å². The molecule has 4 aromatic carbocycles. The zero-order valence-corrected chi connectivity index (χ0v) is 33.0. The van der Waals surface area contributed by atoms with Crippen LogP contribution in [-0.4, -0.2) is 61.1 Å². The van der Waals surface area contributed by atoms with E-state index in [-0.39, 0.29) is 0 Å². The molecule has 2 aliphatic rings. The van der Waals surface area contributed by atoms with Gasteiger partial charge in [0.25, 0.3) is 20.2 Å². The third kappa shape index (κ3) is 6.70. The van der Waals surface area contributed by atoms with Gasteiger partial charge in [-0.3, -0.25) is 9.11 Å². The van der Waals surface area contributed by atoms with Crippen molar-refractivity contribution in [3.05, 3.63) is 108 Å². The standard InChI is InChI=1S/C33H2F28N2O6S2/c34-13-1-3-9(17(38)21(42)19(40)15(3)36)26(44,45)7(1)5(24(70(64,65)66)11(13)28(48,30(50,51)52)31(53,54)55)23(63-62)6-8-2(4-10(27(8,46)47)18(39)22(43)20(41)16(4)37)14(35)12(25(6)71(67,68)69)29(49,32(56,57)58)33(59,60)61/h(H,64,65,66)(H,67,68,69). The first-order valence-corrected chi connectivity index (χ1v) is 19.5. The Bertz CT molecular complexity index is 3160. The van der Waals surface area contributed by atoms with Crippen molar-refractivity contribution < 1.29 is 154 Å². The second-order valence-electron chi connectivity index (χ2n) is 14.2. The molecule has 388 valence electrons. The van der Waals surface area contributed by atoms with Crippen LogP contribution in [-0.2, 0) is 43.4 Å². The van der Waals surface area contributed by atoms with Crippen molar-refractivity contribution in [2.45, 2.75) is 57.7 Å². The highest BCUT2D eigenvalue weighted by molar-refractivity contribution is 7.86. The second-order valence-corrected chi connectivity index (χ2v) is 16.9. The van der Waals surface area contributed by atoms with Gasteiger partial charge in [-0.1, -0.05) is 0 Å². The molecule has 8 nitrogen and oxygen atoms in total. The van der Waals surface area contributed by atoms with Crippen LogP contribution in [0.4, 0.5) is 123 Å². The minimum Gasteiger partial charge on any atom is -0.361 e. The largest absolute Gasteiger partial charge is 0.436 e. The van der Waals surface area contributed by atoms with Crippen molar-refractivity contribution in [1.29, 1.82) is 0 Å². The Labute approximate surface area is 367 Å². The second kappa shape index (κ2) is 15.1. The molecule has 0 atom stereocenters. The molecule has 6 rings (SSSR count). The summed E-state index contributed by atoms with van der Waals surface area (Å²) in [6.07, 6.45) is -33.3. The molecule has 0 aromatic heterocycles. The van der Waals surface area contributed by atoms with Crippen LogP contribution >= 0.6 is 0 Å². The molecule has 0 unspecified atom stereocenters. The molecule has 0 aliphatic heterocycles. The molecule has 0 amide bonds. The summed E-state index contributed by atoms with van der Waals surface area (Å²) in [6.45, 7) is 0. The molecule has 0 radical (unpaired) electrons. The summed E-state index contributed by atoms with van der Waals surface area (Å²) in [7, 11) is -16.8. The van der Waals surface area contributed by atoms with E-state index in [9.17, 15) is 102 Å². The van der Waals surface area contributed by atoms with E-state index in [4.69, 9.17) is 0 Å². The molecule has 0 bridgehead atoms. The van der Waals surface area contributed by atoms with Gasteiger partial charge in [0, 0.05) is 22.3 Å². The summed E-state index contributed by atoms with van der Waals surface area (Å²) < 4.78 is 497. The highest BCUT2D eigenvalue weighted by Gasteiger charge is 2.79. The summed E-state index contributed by atoms with van der Waals surface area (Å²) in [4.78, 5) is -8.04. The van der Waals surface area contributed by atoms with Gasteiger partial charge in [-0.15, -0.1) is 0 Å². The van der Waals surface area contributed by atoms with Gasteiger partial charge >= 0.3 is 53.6 Å². The van der Waals surface area contributed by atoms with Gasteiger partial charge in [0.1, 0.15) is 21.4 Å². The number of rotatable bonds is 6. The lowest BCUT2D eigenvalue weighted by Crippen LogP contribution is -2.52. The number of hydrogen-bond acceptors (Lipinski definition) is 4. The minimum absolute atomic E-state index is 1.32. The molecule has 0 saturated carbocycles. The SMILES string of the molecule is [N-]=[N+]=C(c1c2c(c(F)c(C(F)(C(F)(F)F)C(F)(F)F)c1S(=O)(=O)O)-c1c(F)c(F)c(F)c(F)c1C2(F)F)c1c2c(c(F)c(C(F)(C(F)(F)F)C(F)(F)F)c1S(=O)(=O)O)-c1c(F)c(F)c(F)c(F)c1C2(F)F.